The number of amides is 1. The highest BCUT2D eigenvalue weighted by atomic mass is 16.5. The van der Waals surface area contributed by atoms with Crippen LogP contribution in [-0.2, 0) is 14.3 Å². The van der Waals surface area contributed by atoms with Crippen molar-refractivity contribution in [2.24, 2.45) is 0 Å². The molecule has 0 rings (SSSR count). The Balaban J connectivity index is 3.38. The Labute approximate surface area is 508 Å². The molecule has 0 heterocycles. The van der Waals surface area contributed by atoms with Gasteiger partial charge in [0.1, 0.15) is 0 Å². The second kappa shape index (κ2) is 71.1. The molecule has 1 amide bonds. The maximum Gasteiger partial charge on any atom is 0.305 e. The molecule has 6 nitrogen and oxygen atoms in total. The first kappa shape index (κ1) is 79.6. The number of esters is 1. The van der Waals surface area contributed by atoms with E-state index in [1.165, 1.54) is 366 Å². The highest BCUT2D eigenvalue weighted by molar-refractivity contribution is 5.76. The molecule has 482 valence electrons. The molecule has 0 aliphatic rings. The zero-order valence-corrected chi connectivity index (χ0v) is 55.3. The number of allylic oxidation sites excluding steroid dienone is 1. The van der Waals surface area contributed by atoms with E-state index in [2.05, 4.69) is 19.2 Å². The number of carbonyl (C=O) groups excluding carboxylic acids is 2. The molecule has 6 heteroatoms. The molecule has 81 heavy (non-hydrogen) atoms. The molecule has 0 aliphatic heterocycles. The van der Waals surface area contributed by atoms with Crippen LogP contribution < -0.4 is 5.32 Å². The number of carbonyl (C=O) groups is 2. The first-order valence-corrected chi connectivity index (χ1v) is 37.5. The summed E-state index contributed by atoms with van der Waals surface area (Å²) in [5.41, 5.74) is 0. The monoisotopic (exact) mass is 1140 g/mol. The highest BCUT2D eigenvalue weighted by Crippen LogP contribution is 2.20. The lowest BCUT2D eigenvalue weighted by molar-refractivity contribution is -0.143. The number of nitrogens with one attached hydrogen (secondary N) is 1. The lowest BCUT2D eigenvalue weighted by Crippen LogP contribution is -2.45. The average molecular weight is 1140 g/mol. The van der Waals surface area contributed by atoms with Crippen molar-refractivity contribution in [2.75, 3.05) is 13.2 Å². The van der Waals surface area contributed by atoms with Crippen LogP contribution in [0.3, 0.4) is 0 Å². The van der Waals surface area contributed by atoms with Crippen molar-refractivity contribution in [3.63, 3.8) is 0 Å². The fourth-order valence-electron chi connectivity index (χ4n) is 12.1. The number of hydrogen-bond acceptors (Lipinski definition) is 5. The van der Waals surface area contributed by atoms with Crippen molar-refractivity contribution in [1.82, 2.24) is 5.32 Å². The van der Waals surface area contributed by atoms with Crippen LogP contribution in [0.25, 0.3) is 0 Å². The minimum atomic E-state index is -0.845. The number of aliphatic hydroxyl groups is 2. The summed E-state index contributed by atoms with van der Waals surface area (Å²) in [6.45, 7) is 4.96. The van der Waals surface area contributed by atoms with Crippen LogP contribution in [0.2, 0.25) is 0 Å². The first-order valence-electron chi connectivity index (χ1n) is 37.5. The number of rotatable bonds is 71. The van der Waals surface area contributed by atoms with Crippen LogP contribution in [-0.4, -0.2) is 47.4 Å². The van der Waals surface area contributed by atoms with Crippen LogP contribution in [0.15, 0.2) is 12.2 Å². The molecule has 2 unspecified atom stereocenters. The van der Waals surface area contributed by atoms with Gasteiger partial charge in [0.15, 0.2) is 0 Å². The fourth-order valence-corrected chi connectivity index (χ4v) is 12.1. The van der Waals surface area contributed by atoms with Gasteiger partial charge in [-0.2, -0.15) is 0 Å². The molecule has 0 saturated carbocycles. The summed E-state index contributed by atoms with van der Waals surface area (Å²) in [6.07, 6.45) is 88.8. The summed E-state index contributed by atoms with van der Waals surface area (Å²) >= 11 is 0. The third-order valence-corrected chi connectivity index (χ3v) is 17.8. The minimum Gasteiger partial charge on any atom is -0.466 e. The van der Waals surface area contributed by atoms with Gasteiger partial charge in [0.05, 0.1) is 25.4 Å². The third-order valence-electron chi connectivity index (χ3n) is 17.8. The number of aliphatic hydroxyl groups excluding tert-OH is 2. The topological polar surface area (TPSA) is 95.9 Å². The van der Waals surface area contributed by atoms with E-state index in [1.807, 2.05) is 6.08 Å². The Morgan fingerprint density at radius 1 is 0.333 bits per heavy atom. The molecule has 0 radical (unpaired) electrons. The van der Waals surface area contributed by atoms with Gasteiger partial charge >= 0.3 is 5.97 Å². The van der Waals surface area contributed by atoms with Crippen LogP contribution in [0.5, 0.6) is 0 Å². The summed E-state index contributed by atoms with van der Waals surface area (Å²) in [4.78, 5) is 24.6. The number of ether oxygens (including phenoxy) is 1. The maximum atomic E-state index is 12.5. The average Bonchev–Trinajstić information content (AvgIpc) is 3.47. The zero-order chi connectivity index (χ0) is 58.5. The second-order valence-electron chi connectivity index (χ2n) is 26.0. The normalized spacial score (nSPS) is 12.5. The van der Waals surface area contributed by atoms with Crippen molar-refractivity contribution >= 4 is 11.9 Å². The molecule has 0 spiro atoms. The van der Waals surface area contributed by atoms with Crippen LogP contribution in [0.1, 0.15) is 431 Å². The molecule has 0 aromatic heterocycles. The summed E-state index contributed by atoms with van der Waals surface area (Å²) in [5.74, 6) is -0.0415. The summed E-state index contributed by atoms with van der Waals surface area (Å²) in [5, 5.41) is 23.3. The van der Waals surface area contributed by atoms with Crippen LogP contribution >= 0.6 is 0 Å². The van der Waals surface area contributed by atoms with E-state index >= 15 is 0 Å². The van der Waals surface area contributed by atoms with Gasteiger partial charge in [-0.05, 0) is 32.1 Å². The lowest BCUT2D eigenvalue weighted by atomic mass is 10.0. The van der Waals surface area contributed by atoms with E-state index < -0.39 is 12.1 Å². The van der Waals surface area contributed by atoms with Crippen molar-refractivity contribution in [3.8, 4) is 0 Å². The van der Waals surface area contributed by atoms with Crippen molar-refractivity contribution in [3.05, 3.63) is 12.2 Å². The van der Waals surface area contributed by atoms with E-state index in [1.54, 1.807) is 6.08 Å². The smallest absolute Gasteiger partial charge is 0.305 e. The van der Waals surface area contributed by atoms with Crippen molar-refractivity contribution < 1.29 is 24.5 Å². The minimum absolute atomic E-state index is 0.0198. The predicted molar refractivity (Wildman–Crippen MR) is 357 cm³/mol. The third kappa shape index (κ3) is 67.6. The summed E-state index contributed by atoms with van der Waals surface area (Å²) < 4.78 is 5.51. The standard InChI is InChI=1S/C75H147NO5/c1-3-5-7-9-11-13-15-17-19-21-22-23-24-27-30-33-36-39-43-47-51-55-59-63-67-73(78)72(71-77)76-74(79)68-64-60-56-52-48-44-40-37-34-31-28-25-26-29-32-35-38-42-46-50-54-58-62-66-70-81-75(80)69-65-61-57-53-49-45-41-20-18-16-14-12-10-8-6-4-2/h63,67,72-73,77-78H,3-62,64-66,68-71H2,1-2H3,(H,76,79)/b67-63+. The quantitative estimate of drug-likeness (QED) is 0.0320. The largest absolute Gasteiger partial charge is 0.466 e. The Morgan fingerprint density at radius 2 is 0.568 bits per heavy atom. The molecule has 0 aromatic carbocycles. The lowest BCUT2D eigenvalue weighted by Gasteiger charge is -2.20. The Kier molecular flexibility index (Phi) is 69.9. The van der Waals surface area contributed by atoms with Crippen molar-refractivity contribution in [2.45, 2.75) is 443 Å². The molecule has 0 fully saturated rings. The van der Waals surface area contributed by atoms with Gasteiger partial charge < -0.3 is 20.3 Å². The van der Waals surface area contributed by atoms with Gasteiger partial charge in [-0.3, -0.25) is 9.59 Å². The van der Waals surface area contributed by atoms with Gasteiger partial charge in [-0.15, -0.1) is 0 Å². The number of hydrogen-bond donors (Lipinski definition) is 3. The molecule has 0 aliphatic carbocycles. The predicted octanol–water partition coefficient (Wildman–Crippen LogP) is 24.3. The molecular weight excluding hydrogens is 995 g/mol. The fraction of sp³-hybridized carbons (Fsp3) is 0.947. The second-order valence-corrected chi connectivity index (χ2v) is 26.0. The van der Waals surface area contributed by atoms with Gasteiger partial charge in [0.25, 0.3) is 0 Å². The van der Waals surface area contributed by atoms with Crippen molar-refractivity contribution in [1.29, 1.82) is 0 Å². The molecule has 0 bridgehead atoms. The van der Waals surface area contributed by atoms with Crippen LogP contribution in [0.4, 0.5) is 0 Å². The number of unbranched alkanes of at least 4 members (excludes halogenated alkanes) is 60. The van der Waals surface area contributed by atoms with E-state index in [0.717, 1.165) is 38.5 Å². The summed E-state index contributed by atoms with van der Waals surface area (Å²) in [6, 6.07) is -0.628. The van der Waals surface area contributed by atoms with Gasteiger partial charge in [-0.25, -0.2) is 0 Å². The molecule has 3 N–H and O–H groups in total. The first-order chi connectivity index (χ1) is 40.0. The maximum absolute atomic E-state index is 12.5. The van der Waals surface area contributed by atoms with Gasteiger partial charge in [0, 0.05) is 12.8 Å². The van der Waals surface area contributed by atoms with Gasteiger partial charge in [-0.1, -0.05) is 398 Å². The molecule has 0 saturated heterocycles. The Hall–Kier alpha value is -1.40. The Morgan fingerprint density at radius 3 is 0.840 bits per heavy atom. The van der Waals surface area contributed by atoms with E-state index in [0.29, 0.717) is 19.4 Å². The molecular formula is C75H147NO5. The molecule has 2 atom stereocenters. The summed E-state index contributed by atoms with van der Waals surface area (Å²) in [7, 11) is 0. The SMILES string of the molecule is CCCCCCCCCCCCCCCCCCCCCCCC/C=C/C(O)C(CO)NC(=O)CCCCCCCCCCCCCCCCCCCCCCCCCCOC(=O)CCCCCCCCCCCCCCCCCC. The van der Waals surface area contributed by atoms with E-state index in [4.69, 9.17) is 4.74 Å². The van der Waals surface area contributed by atoms with E-state index in [-0.39, 0.29) is 18.5 Å². The zero-order valence-electron chi connectivity index (χ0n) is 55.3. The van der Waals surface area contributed by atoms with Gasteiger partial charge in [0.2, 0.25) is 5.91 Å². The Bertz CT molecular complexity index is 1220. The highest BCUT2D eigenvalue weighted by Gasteiger charge is 2.18. The van der Waals surface area contributed by atoms with E-state index in [9.17, 15) is 19.8 Å². The molecule has 0 aromatic rings. The van der Waals surface area contributed by atoms with Crippen LogP contribution in [0, 0.1) is 0 Å².